The van der Waals surface area contributed by atoms with Gasteiger partial charge in [0, 0.05) is 15.4 Å². The third-order valence-electron chi connectivity index (χ3n) is 4.85. The van der Waals surface area contributed by atoms with Crippen LogP contribution in [-0.2, 0) is 4.79 Å². The summed E-state index contributed by atoms with van der Waals surface area (Å²) in [7, 11) is 0. The van der Waals surface area contributed by atoms with Gasteiger partial charge in [-0.3, -0.25) is 4.79 Å². The average molecular weight is 523 g/mol. The van der Waals surface area contributed by atoms with Gasteiger partial charge in [0.25, 0.3) is 5.91 Å². The SMILES string of the molecule is O=C1COc2ccc(-c3csc(=Nc4ccccc4F)n3N=Cc3ccc(Br)cc3)cc2N1. The van der Waals surface area contributed by atoms with E-state index in [1.165, 1.54) is 17.4 Å². The number of carbonyl (C=O) groups excluding carboxylic acids is 1. The molecule has 6 nitrogen and oxygen atoms in total. The van der Waals surface area contributed by atoms with Crippen LogP contribution < -0.4 is 14.9 Å². The Hall–Kier alpha value is -3.56. The summed E-state index contributed by atoms with van der Waals surface area (Å²) in [6.07, 6.45) is 1.71. The van der Waals surface area contributed by atoms with Crippen molar-refractivity contribution >= 4 is 50.8 Å². The van der Waals surface area contributed by atoms with E-state index in [-0.39, 0.29) is 18.2 Å². The average Bonchev–Trinajstić information content (AvgIpc) is 3.22. The lowest BCUT2D eigenvalue weighted by Crippen LogP contribution is -2.25. The number of fused-ring (bicyclic) bond motifs is 1. The number of thiazole rings is 1. The third kappa shape index (κ3) is 4.64. The summed E-state index contributed by atoms with van der Waals surface area (Å²) >= 11 is 4.77. The molecule has 2 heterocycles. The summed E-state index contributed by atoms with van der Waals surface area (Å²) in [6, 6.07) is 19.6. The summed E-state index contributed by atoms with van der Waals surface area (Å²) in [5.74, 6) is -0.0133. The van der Waals surface area contributed by atoms with Crippen molar-refractivity contribution in [2.24, 2.45) is 10.1 Å². The molecule has 0 saturated carbocycles. The molecule has 0 saturated heterocycles. The lowest BCUT2D eigenvalue weighted by molar-refractivity contribution is -0.118. The molecule has 0 spiro atoms. The van der Waals surface area contributed by atoms with Gasteiger partial charge in [0.2, 0.25) is 4.80 Å². The Morgan fingerprint density at radius 3 is 2.76 bits per heavy atom. The Kier molecular flexibility index (Phi) is 5.89. The van der Waals surface area contributed by atoms with Crippen molar-refractivity contribution in [1.82, 2.24) is 4.68 Å². The lowest BCUT2D eigenvalue weighted by Gasteiger charge is -2.18. The fourth-order valence-corrected chi connectivity index (χ4v) is 4.36. The van der Waals surface area contributed by atoms with Crippen LogP contribution in [0.5, 0.6) is 5.75 Å². The van der Waals surface area contributed by atoms with Gasteiger partial charge in [0.15, 0.2) is 6.61 Å². The highest BCUT2D eigenvalue weighted by Crippen LogP contribution is 2.33. The topological polar surface area (TPSA) is 68.0 Å². The first-order valence-corrected chi connectivity index (χ1v) is 11.6. The molecule has 0 radical (unpaired) electrons. The maximum Gasteiger partial charge on any atom is 0.262 e. The first-order chi connectivity index (χ1) is 16.1. The van der Waals surface area contributed by atoms with Gasteiger partial charge in [-0.1, -0.05) is 40.2 Å². The Morgan fingerprint density at radius 1 is 1.12 bits per heavy atom. The zero-order valence-corrected chi connectivity index (χ0v) is 19.4. The molecule has 4 aromatic rings. The summed E-state index contributed by atoms with van der Waals surface area (Å²) in [4.78, 5) is 16.8. The van der Waals surface area contributed by atoms with E-state index in [0.29, 0.717) is 16.2 Å². The molecule has 1 aliphatic heterocycles. The largest absolute Gasteiger partial charge is 0.482 e. The Bertz CT molecular complexity index is 1440. The van der Waals surface area contributed by atoms with E-state index in [9.17, 15) is 9.18 Å². The van der Waals surface area contributed by atoms with Crippen molar-refractivity contribution in [3.8, 4) is 17.0 Å². The van der Waals surface area contributed by atoms with E-state index in [0.717, 1.165) is 21.3 Å². The number of nitrogens with one attached hydrogen (secondary N) is 1. The number of ether oxygens (including phenoxy) is 1. The highest BCUT2D eigenvalue weighted by molar-refractivity contribution is 9.10. The molecule has 9 heteroatoms. The highest BCUT2D eigenvalue weighted by atomic mass is 79.9. The van der Waals surface area contributed by atoms with E-state index < -0.39 is 5.82 Å². The summed E-state index contributed by atoms with van der Waals surface area (Å²) in [6.45, 7) is -0.00600. The van der Waals surface area contributed by atoms with E-state index in [1.807, 2.05) is 41.8 Å². The number of benzene rings is 3. The van der Waals surface area contributed by atoms with E-state index in [2.05, 4.69) is 31.3 Å². The minimum absolute atomic E-state index is 0.00600. The summed E-state index contributed by atoms with van der Waals surface area (Å²) in [5.41, 5.74) is 3.26. The quantitative estimate of drug-likeness (QED) is 0.356. The van der Waals surface area contributed by atoms with Crippen LogP contribution in [-0.4, -0.2) is 23.4 Å². The van der Waals surface area contributed by atoms with Gasteiger partial charge >= 0.3 is 0 Å². The number of hydrogen-bond donors (Lipinski definition) is 1. The van der Waals surface area contributed by atoms with E-state index in [1.54, 1.807) is 35.2 Å². The second-order valence-corrected chi connectivity index (χ2v) is 8.87. The second kappa shape index (κ2) is 9.13. The molecule has 5 rings (SSSR count). The molecule has 0 fully saturated rings. The van der Waals surface area contributed by atoms with Crippen molar-refractivity contribution in [3.05, 3.63) is 92.8 Å². The van der Waals surface area contributed by atoms with Crippen molar-refractivity contribution in [2.45, 2.75) is 0 Å². The van der Waals surface area contributed by atoms with Gasteiger partial charge in [-0.25, -0.2) is 14.1 Å². The van der Waals surface area contributed by atoms with Crippen LogP contribution in [0, 0.1) is 5.82 Å². The molecule has 0 unspecified atom stereocenters. The number of carbonyl (C=O) groups is 1. The molecule has 1 amide bonds. The number of anilines is 1. The smallest absolute Gasteiger partial charge is 0.262 e. The van der Waals surface area contributed by atoms with Crippen LogP contribution >= 0.6 is 27.3 Å². The van der Waals surface area contributed by atoms with E-state index >= 15 is 0 Å². The zero-order chi connectivity index (χ0) is 22.8. The molecule has 1 aliphatic rings. The third-order valence-corrected chi connectivity index (χ3v) is 6.20. The number of nitrogens with zero attached hydrogens (tertiary/aromatic N) is 3. The number of aromatic nitrogens is 1. The van der Waals surface area contributed by atoms with Crippen molar-refractivity contribution < 1.29 is 13.9 Å². The fourth-order valence-electron chi connectivity index (χ4n) is 3.25. The van der Waals surface area contributed by atoms with Crippen LogP contribution in [0.2, 0.25) is 0 Å². The standard InChI is InChI=1S/C24H16BrFN4O2S/c25-17-8-5-15(6-9-17)12-27-30-21(14-33-24(30)29-19-4-2-1-3-18(19)26)16-7-10-22-20(11-16)28-23(31)13-32-22/h1-12,14H,13H2,(H,28,31). The highest BCUT2D eigenvalue weighted by Gasteiger charge is 2.18. The molecule has 0 bridgehead atoms. The molecule has 1 N–H and O–H groups in total. The Labute approximate surface area is 200 Å². The van der Waals surface area contributed by atoms with Gasteiger partial charge < -0.3 is 10.1 Å². The number of para-hydroxylation sites is 1. The molecule has 0 atom stereocenters. The summed E-state index contributed by atoms with van der Waals surface area (Å²) < 4.78 is 22.3. The van der Waals surface area contributed by atoms with Crippen molar-refractivity contribution in [3.63, 3.8) is 0 Å². The maximum absolute atomic E-state index is 14.3. The predicted molar refractivity (Wildman–Crippen MR) is 131 cm³/mol. The molecule has 1 aromatic heterocycles. The van der Waals surface area contributed by atoms with E-state index in [4.69, 9.17) is 4.74 Å². The maximum atomic E-state index is 14.3. The molecule has 164 valence electrons. The molecule has 3 aromatic carbocycles. The minimum atomic E-state index is -0.412. The van der Waals surface area contributed by atoms with Crippen LogP contribution in [0.4, 0.5) is 15.8 Å². The number of rotatable bonds is 4. The minimum Gasteiger partial charge on any atom is -0.482 e. The molecular weight excluding hydrogens is 507 g/mol. The lowest BCUT2D eigenvalue weighted by atomic mass is 10.1. The molecular formula is C24H16BrFN4O2S. The first-order valence-electron chi connectivity index (χ1n) is 9.93. The number of amides is 1. The van der Waals surface area contributed by atoms with Gasteiger partial charge in [-0.2, -0.15) is 5.10 Å². The number of halogens is 2. The summed E-state index contributed by atoms with van der Waals surface area (Å²) in [5, 5.41) is 9.36. The predicted octanol–water partition coefficient (Wildman–Crippen LogP) is 5.56. The Balaban J connectivity index is 1.63. The van der Waals surface area contributed by atoms with Crippen LogP contribution in [0.15, 0.2) is 86.7 Å². The van der Waals surface area contributed by atoms with Crippen LogP contribution in [0.25, 0.3) is 11.3 Å². The van der Waals surface area contributed by atoms with Gasteiger partial charge in [-0.05, 0) is 48.0 Å². The Morgan fingerprint density at radius 2 is 1.94 bits per heavy atom. The first kappa shape index (κ1) is 21.3. The van der Waals surface area contributed by atoms with Crippen LogP contribution in [0.3, 0.4) is 0 Å². The molecule has 0 aliphatic carbocycles. The number of hydrogen-bond acceptors (Lipinski definition) is 5. The fraction of sp³-hybridized carbons (Fsp3) is 0.0417. The van der Waals surface area contributed by atoms with Gasteiger partial charge in [0.05, 0.1) is 17.6 Å². The van der Waals surface area contributed by atoms with Crippen LogP contribution in [0.1, 0.15) is 5.56 Å². The van der Waals surface area contributed by atoms with Gasteiger partial charge in [-0.15, -0.1) is 11.3 Å². The van der Waals surface area contributed by atoms with Crippen molar-refractivity contribution in [2.75, 3.05) is 11.9 Å². The van der Waals surface area contributed by atoms with Crippen molar-refractivity contribution in [1.29, 1.82) is 0 Å². The molecule has 33 heavy (non-hydrogen) atoms. The normalized spacial score (nSPS) is 13.6. The monoisotopic (exact) mass is 522 g/mol. The zero-order valence-electron chi connectivity index (χ0n) is 17.0. The van der Waals surface area contributed by atoms with Gasteiger partial charge in [0.1, 0.15) is 17.3 Å². The second-order valence-electron chi connectivity index (χ2n) is 7.12.